The summed E-state index contributed by atoms with van der Waals surface area (Å²) in [6, 6.07) is 9.12. The summed E-state index contributed by atoms with van der Waals surface area (Å²) in [5.41, 5.74) is 0.552. The summed E-state index contributed by atoms with van der Waals surface area (Å²) in [6.45, 7) is 0. The molecular formula is C14H16N2O2S. The average Bonchev–Trinajstić information content (AvgIpc) is 2.36. The maximum Gasteiger partial charge on any atom is 0.245 e. The lowest BCUT2D eigenvalue weighted by molar-refractivity contribution is 0.250. The van der Waals surface area contributed by atoms with Gasteiger partial charge in [-0.05, 0) is 25.0 Å². The molecule has 0 amide bonds. The molecule has 4 nitrogen and oxygen atoms in total. The number of rotatable bonds is 3. The first-order valence-electron chi connectivity index (χ1n) is 6.42. The van der Waals surface area contributed by atoms with Crippen LogP contribution in [0.3, 0.4) is 0 Å². The molecule has 0 bridgehead atoms. The standard InChI is InChI=1S/C14H16N2O2S/c1-16(12-7-3-8-12)19(17,18)13-9-2-5-11-6-4-10-15-14(11)13/h2,4-6,9-10,12H,3,7-8H2,1H3. The van der Waals surface area contributed by atoms with Gasteiger partial charge in [-0.25, -0.2) is 8.42 Å². The number of sulfonamides is 1. The van der Waals surface area contributed by atoms with Crippen LogP contribution in [-0.4, -0.2) is 30.8 Å². The molecule has 2 aromatic rings. The molecular weight excluding hydrogens is 260 g/mol. The van der Waals surface area contributed by atoms with E-state index in [0.717, 1.165) is 24.6 Å². The Morgan fingerprint density at radius 1 is 1.21 bits per heavy atom. The second kappa shape index (κ2) is 4.58. The quantitative estimate of drug-likeness (QED) is 0.865. The zero-order valence-electron chi connectivity index (χ0n) is 10.8. The summed E-state index contributed by atoms with van der Waals surface area (Å²) >= 11 is 0. The molecule has 1 aromatic heterocycles. The molecule has 0 aliphatic heterocycles. The van der Waals surface area contributed by atoms with Gasteiger partial charge in [0.1, 0.15) is 4.90 Å². The number of nitrogens with zero attached hydrogens (tertiary/aromatic N) is 2. The Morgan fingerprint density at radius 2 is 1.95 bits per heavy atom. The highest BCUT2D eigenvalue weighted by Gasteiger charge is 2.32. The van der Waals surface area contributed by atoms with Crippen molar-refractivity contribution in [3.05, 3.63) is 36.5 Å². The van der Waals surface area contributed by atoms with Gasteiger partial charge in [-0.15, -0.1) is 0 Å². The van der Waals surface area contributed by atoms with E-state index in [1.807, 2.05) is 18.2 Å². The summed E-state index contributed by atoms with van der Waals surface area (Å²) in [4.78, 5) is 4.53. The molecule has 1 saturated carbocycles. The van der Waals surface area contributed by atoms with Crippen molar-refractivity contribution in [3.8, 4) is 0 Å². The second-order valence-corrected chi connectivity index (χ2v) is 6.90. The van der Waals surface area contributed by atoms with Gasteiger partial charge in [-0.1, -0.05) is 24.6 Å². The average molecular weight is 276 g/mol. The Labute approximate surface area is 113 Å². The van der Waals surface area contributed by atoms with Crippen molar-refractivity contribution in [1.29, 1.82) is 0 Å². The first-order chi connectivity index (χ1) is 9.10. The molecule has 1 aromatic carbocycles. The highest BCUT2D eigenvalue weighted by molar-refractivity contribution is 7.89. The van der Waals surface area contributed by atoms with Gasteiger partial charge < -0.3 is 0 Å². The zero-order valence-corrected chi connectivity index (χ0v) is 11.6. The summed E-state index contributed by atoms with van der Waals surface area (Å²) in [6.07, 6.45) is 4.64. The van der Waals surface area contributed by atoms with E-state index in [2.05, 4.69) is 4.98 Å². The topological polar surface area (TPSA) is 50.3 Å². The molecule has 0 atom stereocenters. The SMILES string of the molecule is CN(C1CCC1)S(=O)(=O)c1cccc2cccnc12. The molecule has 0 saturated heterocycles. The van der Waals surface area contributed by atoms with E-state index in [1.165, 1.54) is 4.31 Å². The number of hydrogen-bond acceptors (Lipinski definition) is 3. The maximum absolute atomic E-state index is 12.7. The molecule has 1 aliphatic carbocycles. The van der Waals surface area contributed by atoms with Crippen LogP contribution < -0.4 is 0 Å². The van der Waals surface area contributed by atoms with E-state index in [9.17, 15) is 8.42 Å². The van der Waals surface area contributed by atoms with Crippen molar-refractivity contribution in [1.82, 2.24) is 9.29 Å². The van der Waals surface area contributed by atoms with Crippen LogP contribution in [0.4, 0.5) is 0 Å². The third-order valence-corrected chi connectivity index (χ3v) is 5.78. The molecule has 3 rings (SSSR count). The molecule has 0 unspecified atom stereocenters. The number of aromatic nitrogens is 1. The maximum atomic E-state index is 12.7. The lowest BCUT2D eigenvalue weighted by Crippen LogP contribution is -2.41. The smallest absolute Gasteiger partial charge is 0.245 e. The zero-order chi connectivity index (χ0) is 13.5. The minimum Gasteiger partial charge on any atom is -0.255 e. The van der Waals surface area contributed by atoms with Gasteiger partial charge in [-0.3, -0.25) is 4.98 Å². The third kappa shape index (κ3) is 2.03. The van der Waals surface area contributed by atoms with Gasteiger partial charge in [0.25, 0.3) is 0 Å². The molecule has 5 heteroatoms. The Hall–Kier alpha value is -1.46. The van der Waals surface area contributed by atoms with Crippen LogP contribution in [0, 0.1) is 0 Å². The van der Waals surface area contributed by atoms with E-state index in [4.69, 9.17) is 0 Å². The van der Waals surface area contributed by atoms with Crippen molar-refractivity contribution in [2.75, 3.05) is 7.05 Å². The normalized spacial score (nSPS) is 16.7. The molecule has 0 N–H and O–H groups in total. The largest absolute Gasteiger partial charge is 0.255 e. The number of hydrogen-bond donors (Lipinski definition) is 0. The predicted molar refractivity (Wildman–Crippen MR) is 74.3 cm³/mol. The third-order valence-electron chi connectivity index (χ3n) is 3.84. The highest BCUT2D eigenvalue weighted by atomic mass is 32.2. The van der Waals surface area contributed by atoms with Crippen molar-refractivity contribution < 1.29 is 8.42 Å². The lowest BCUT2D eigenvalue weighted by atomic mass is 9.94. The van der Waals surface area contributed by atoms with Crippen LogP contribution in [0.1, 0.15) is 19.3 Å². The minimum atomic E-state index is -3.45. The second-order valence-electron chi connectivity index (χ2n) is 4.94. The Kier molecular flexibility index (Phi) is 3.03. The fraction of sp³-hybridized carbons (Fsp3) is 0.357. The number of benzene rings is 1. The van der Waals surface area contributed by atoms with Crippen molar-refractivity contribution in [3.63, 3.8) is 0 Å². The summed E-state index contributed by atoms with van der Waals surface area (Å²) in [5.74, 6) is 0. The molecule has 1 fully saturated rings. The lowest BCUT2D eigenvalue weighted by Gasteiger charge is -2.33. The van der Waals surface area contributed by atoms with Crippen LogP contribution in [0.5, 0.6) is 0 Å². The fourth-order valence-corrected chi connectivity index (χ4v) is 3.97. The summed E-state index contributed by atoms with van der Waals surface area (Å²) in [5, 5.41) is 0.852. The molecule has 0 spiro atoms. The van der Waals surface area contributed by atoms with Gasteiger partial charge in [0.05, 0.1) is 5.52 Å². The van der Waals surface area contributed by atoms with E-state index < -0.39 is 10.0 Å². The predicted octanol–water partition coefficient (Wildman–Crippen LogP) is 2.41. The van der Waals surface area contributed by atoms with Crippen LogP contribution in [0.25, 0.3) is 10.9 Å². The van der Waals surface area contributed by atoms with E-state index in [-0.39, 0.29) is 6.04 Å². The van der Waals surface area contributed by atoms with Crippen LogP contribution >= 0.6 is 0 Å². The van der Waals surface area contributed by atoms with Gasteiger partial charge in [0.15, 0.2) is 0 Å². The molecule has 1 heterocycles. The summed E-state index contributed by atoms with van der Waals surface area (Å²) < 4.78 is 26.8. The summed E-state index contributed by atoms with van der Waals surface area (Å²) in [7, 11) is -1.79. The van der Waals surface area contributed by atoms with Crippen molar-refractivity contribution in [2.45, 2.75) is 30.2 Å². The van der Waals surface area contributed by atoms with E-state index >= 15 is 0 Å². The highest BCUT2D eigenvalue weighted by Crippen LogP contribution is 2.30. The van der Waals surface area contributed by atoms with Crippen molar-refractivity contribution >= 4 is 20.9 Å². The van der Waals surface area contributed by atoms with Gasteiger partial charge >= 0.3 is 0 Å². The van der Waals surface area contributed by atoms with Crippen molar-refractivity contribution in [2.24, 2.45) is 0 Å². The Morgan fingerprint density at radius 3 is 2.63 bits per heavy atom. The van der Waals surface area contributed by atoms with E-state index in [0.29, 0.717) is 10.4 Å². The van der Waals surface area contributed by atoms with Gasteiger partial charge in [0.2, 0.25) is 10.0 Å². The van der Waals surface area contributed by atoms with Crippen LogP contribution in [0.2, 0.25) is 0 Å². The number of para-hydroxylation sites is 1. The number of fused-ring (bicyclic) bond motifs is 1. The van der Waals surface area contributed by atoms with Gasteiger partial charge in [0, 0.05) is 24.7 Å². The minimum absolute atomic E-state index is 0.143. The van der Waals surface area contributed by atoms with Gasteiger partial charge in [-0.2, -0.15) is 4.31 Å². The fourth-order valence-electron chi connectivity index (χ4n) is 2.39. The molecule has 1 aliphatic rings. The van der Waals surface area contributed by atoms with Crippen LogP contribution in [-0.2, 0) is 10.0 Å². The Bertz CT molecular complexity index is 703. The number of pyridine rings is 1. The molecule has 100 valence electrons. The first-order valence-corrected chi connectivity index (χ1v) is 7.86. The van der Waals surface area contributed by atoms with Crippen LogP contribution in [0.15, 0.2) is 41.4 Å². The first kappa shape index (κ1) is 12.6. The molecule has 0 radical (unpaired) electrons. The Balaban J connectivity index is 2.12. The monoisotopic (exact) mass is 276 g/mol. The van der Waals surface area contributed by atoms with E-state index in [1.54, 1.807) is 25.4 Å². The molecule has 19 heavy (non-hydrogen) atoms.